The van der Waals surface area contributed by atoms with Gasteiger partial charge >= 0.3 is 5.97 Å². The number of benzene rings is 3. The van der Waals surface area contributed by atoms with Crippen LogP contribution in [-0.2, 0) is 35.3 Å². The normalized spacial score (nSPS) is 16.5. The number of ether oxygens (including phenoxy) is 2. The highest BCUT2D eigenvalue weighted by atomic mass is 32.1. The number of amides is 5. The molecule has 3 aromatic carbocycles. The van der Waals surface area contributed by atoms with E-state index in [0.717, 1.165) is 27.4 Å². The van der Waals surface area contributed by atoms with Crippen LogP contribution in [0.25, 0.3) is 10.4 Å². The highest BCUT2D eigenvalue weighted by molar-refractivity contribution is 7.13. The van der Waals surface area contributed by atoms with Gasteiger partial charge in [-0.15, -0.1) is 11.3 Å². The zero-order valence-electron chi connectivity index (χ0n) is 38.7. The molecule has 0 radical (unpaired) electrons. The molecule has 2 fully saturated rings. The first-order valence-corrected chi connectivity index (χ1v) is 23.4. The molecular weight excluding hydrogens is 879 g/mol. The first-order chi connectivity index (χ1) is 32.0. The number of rotatable bonds is 18. The van der Waals surface area contributed by atoms with Crippen LogP contribution in [0.2, 0.25) is 0 Å². The molecule has 3 atom stereocenters. The molecule has 2 saturated heterocycles. The van der Waals surface area contributed by atoms with Crippen molar-refractivity contribution in [3.63, 3.8) is 0 Å². The fraction of sp³-hybridized carbons (Fsp3) is 0.449. The minimum atomic E-state index is -0.920. The highest BCUT2D eigenvalue weighted by Crippen LogP contribution is 2.29. The van der Waals surface area contributed by atoms with Crippen LogP contribution in [0, 0.1) is 12.3 Å². The van der Waals surface area contributed by atoms with E-state index in [4.69, 9.17) is 4.74 Å². The number of aliphatic hydroxyl groups excluding tert-OH is 1. The van der Waals surface area contributed by atoms with Gasteiger partial charge in [-0.05, 0) is 78.8 Å². The van der Waals surface area contributed by atoms with Gasteiger partial charge in [0.05, 0.1) is 40.5 Å². The number of phenols is 1. The lowest BCUT2D eigenvalue weighted by atomic mass is 9.85. The Morgan fingerprint density at radius 2 is 1.60 bits per heavy atom. The van der Waals surface area contributed by atoms with Gasteiger partial charge in [-0.1, -0.05) is 51.5 Å². The molecule has 2 aliphatic heterocycles. The van der Waals surface area contributed by atoms with Crippen molar-refractivity contribution in [3.05, 3.63) is 89.1 Å². The molecule has 6 rings (SSSR count). The molecule has 5 amide bonds. The van der Waals surface area contributed by atoms with Gasteiger partial charge in [0.15, 0.2) is 6.61 Å². The SMILES string of the molecule is COC(=O)c1ccc(O)c(NC(=O)COc2ccc(N3CCN(C(=O)CCCCCC(=O)N[C@H](C(=O)N4C[C@H](O)C[C@H]4C(=O)NCc4ccc(-c5scnc5C)cc4)C(C)(C)C)CC3)cc2)c1. The van der Waals surface area contributed by atoms with E-state index >= 15 is 0 Å². The molecule has 3 heterocycles. The van der Waals surface area contributed by atoms with E-state index in [1.807, 2.05) is 74.5 Å². The Morgan fingerprint density at radius 1 is 0.896 bits per heavy atom. The molecule has 67 heavy (non-hydrogen) atoms. The minimum Gasteiger partial charge on any atom is -0.506 e. The van der Waals surface area contributed by atoms with Crippen molar-refractivity contribution in [3.8, 4) is 21.9 Å². The van der Waals surface area contributed by atoms with Crippen LogP contribution in [0.15, 0.2) is 72.2 Å². The Labute approximate surface area is 394 Å². The molecule has 18 heteroatoms. The minimum absolute atomic E-state index is 0.00857. The molecule has 5 N–H and O–H groups in total. The number of nitrogens with zero attached hydrogens (tertiary/aromatic N) is 4. The van der Waals surface area contributed by atoms with Crippen LogP contribution in [0.5, 0.6) is 11.5 Å². The summed E-state index contributed by atoms with van der Waals surface area (Å²) in [6.45, 7) is 9.84. The molecule has 0 saturated carbocycles. The average molecular weight is 940 g/mol. The van der Waals surface area contributed by atoms with E-state index in [1.54, 1.807) is 23.5 Å². The molecule has 0 bridgehead atoms. The number of unbranched alkanes of at least 4 members (excludes halogenated alkanes) is 2. The van der Waals surface area contributed by atoms with Crippen LogP contribution in [-0.4, -0.2) is 125 Å². The molecule has 358 valence electrons. The van der Waals surface area contributed by atoms with Gasteiger partial charge in [0, 0.05) is 64.2 Å². The number of methoxy groups -OCH3 is 1. The number of likely N-dealkylation sites (tertiary alicyclic amines) is 1. The molecule has 2 aliphatic rings. The first kappa shape index (κ1) is 49.9. The van der Waals surface area contributed by atoms with Crippen molar-refractivity contribution in [2.45, 2.75) is 91.0 Å². The van der Waals surface area contributed by atoms with E-state index < -0.39 is 41.4 Å². The zero-order chi connectivity index (χ0) is 48.3. The number of β-amino-alcohol motifs (C(OH)–C–C–N with tert-alkyl or cyclic N) is 1. The second-order valence-electron chi connectivity index (χ2n) is 17.9. The largest absolute Gasteiger partial charge is 0.506 e. The fourth-order valence-corrected chi connectivity index (χ4v) is 8.91. The lowest BCUT2D eigenvalue weighted by molar-refractivity contribution is -0.144. The zero-order valence-corrected chi connectivity index (χ0v) is 39.5. The van der Waals surface area contributed by atoms with Crippen molar-refractivity contribution >= 4 is 58.2 Å². The predicted octanol–water partition coefficient (Wildman–Crippen LogP) is 5.04. The molecule has 0 unspecified atom stereocenters. The number of aromatic nitrogens is 1. The topological polar surface area (TPSA) is 220 Å². The van der Waals surface area contributed by atoms with Crippen LogP contribution in [0.4, 0.5) is 11.4 Å². The van der Waals surface area contributed by atoms with Gasteiger partial charge in [-0.2, -0.15) is 0 Å². The van der Waals surface area contributed by atoms with Crippen LogP contribution in [0.1, 0.15) is 80.9 Å². The van der Waals surface area contributed by atoms with Gasteiger partial charge in [-0.3, -0.25) is 24.0 Å². The van der Waals surface area contributed by atoms with Gasteiger partial charge in [-0.25, -0.2) is 9.78 Å². The number of anilines is 2. The standard InChI is InChI=1S/C49H61N7O10S/c1-31-44(67-30-51-31)33-13-11-32(12-14-33)27-50-46(62)39-26-36(57)28-56(39)47(63)45(49(2,3)4)53-41(59)9-7-6-8-10-43(61)55-23-21-54(22-24-55)35-16-18-37(19-17-35)66-29-42(60)52-38-25-34(48(64)65-5)15-20-40(38)58/h11-20,25,30,36,39,45,57-58H,6-10,21-24,26-29H2,1-5H3,(H,50,62)(H,52,60)(H,53,59)/t36-,39+,45-/m1/s1. The third-order valence-electron chi connectivity index (χ3n) is 11.9. The molecule has 4 aromatic rings. The van der Waals surface area contributed by atoms with E-state index in [9.17, 15) is 39.0 Å². The maximum absolute atomic E-state index is 14.0. The monoisotopic (exact) mass is 939 g/mol. The predicted molar refractivity (Wildman–Crippen MR) is 254 cm³/mol. The van der Waals surface area contributed by atoms with Gasteiger partial charge < -0.3 is 50.3 Å². The third-order valence-corrected chi connectivity index (χ3v) is 12.9. The van der Waals surface area contributed by atoms with Gasteiger partial charge in [0.1, 0.15) is 23.6 Å². The molecule has 1 aromatic heterocycles. The summed E-state index contributed by atoms with van der Waals surface area (Å²) in [5.41, 5.74) is 5.21. The maximum Gasteiger partial charge on any atom is 0.337 e. The Balaban J connectivity index is 0.878. The van der Waals surface area contributed by atoms with Crippen molar-refractivity contribution in [2.75, 3.05) is 56.7 Å². The number of esters is 1. The van der Waals surface area contributed by atoms with Crippen molar-refractivity contribution in [1.82, 2.24) is 25.4 Å². The quantitative estimate of drug-likeness (QED) is 0.0504. The summed E-state index contributed by atoms with van der Waals surface area (Å²) in [4.78, 5) is 88.9. The van der Waals surface area contributed by atoms with Crippen molar-refractivity contribution < 1.29 is 48.5 Å². The first-order valence-electron chi connectivity index (χ1n) is 22.5. The summed E-state index contributed by atoms with van der Waals surface area (Å²) >= 11 is 1.57. The Kier molecular flexibility index (Phi) is 17.0. The summed E-state index contributed by atoms with van der Waals surface area (Å²) in [6, 6.07) is 17.3. The number of phenolic OH excluding ortho intramolecular Hbond substituents is 1. The summed E-state index contributed by atoms with van der Waals surface area (Å²) < 4.78 is 10.3. The fourth-order valence-electron chi connectivity index (χ4n) is 8.09. The highest BCUT2D eigenvalue weighted by Gasteiger charge is 2.44. The summed E-state index contributed by atoms with van der Waals surface area (Å²) in [7, 11) is 1.24. The number of hydrogen-bond donors (Lipinski definition) is 5. The van der Waals surface area contributed by atoms with Crippen molar-refractivity contribution in [1.29, 1.82) is 0 Å². The summed E-state index contributed by atoms with van der Waals surface area (Å²) in [6.07, 6.45) is 1.58. The number of thiazole rings is 1. The van der Waals surface area contributed by atoms with E-state index in [0.29, 0.717) is 57.6 Å². The number of hydrogen-bond acceptors (Lipinski definition) is 13. The number of aryl methyl sites for hydroxylation is 1. The average Bonchev–Trinajstić information content (AvgIpc) is 3.94. The third kappa shape index (κ3) is 13.5. The molecule has 0 aliphatic carbocycles. The second kappa shape index (κ2) is 22.8. The van der Waals surface area contributed by atoms with Gasteiger partial charge in [0.25, 0.3) is 5.91 Å². The van der Waals surface area contributed by atoms with E-state index in [1.165, 1.54) is 30.2 Å². The molecule has 17 nitrogen and oxygen atoms in total. The summed E-state index contributed by atoms with van der Waals surface area (Å²) in [5.74, 6) is -1.88. The molecular formula is C49H61N7O10S. The van der Waals surface area contributed by atoms with Gasteiger partial charge in [0.2, 0.25) is 23.6 Å². The number of carbonyl (C=O) groups is 6. The number of nitrogens with one attached hydrogen (secondary N) is 3. The number of carbonyl (C=O) groups excluding carboxylic acids is 6. The van der Waals surface area contributed by atoms with E-state index in [-0.39, 0.29) is 67.3 Å². The number of aliphatic hydroxyl groups is 1. The maximum atomic E-state index is 14.0. The Hall–Kier alpha value is -6.53. The van der Waals surface area contributed by atoms with Crippen LogP contribution >= 0.6 is 11.3 Å². The smallest absolute Gasteiger partial charge is 0.337 e. The Morgan fingerprint density at radius 3 is 2.25 bits per heavy atom. The summed E-state index contributed by atoms with van der Waals surface area (Å²) in [5, 5.41) is 29.0. The molecule has 0 spiro atoms. The second-order valence-corrected chi connectivity index (χ2v) is 18.8. The lowest BCUT2D eigenvalue weighted by Crippen LogP contribution is -2.57. The van der Waals surface area contributed by atoms with Crippen LogP contribution in [0.3, 0.4) is 0 Å². The number of aromatic hydroxyl groups is 1. The van der Waals surface area contributed by atoms with E-state index in [2.05, 4.69) is 30.6 Å². The Bertz CT molecular complexity index is 2380. The number of piperazine rings is 1. The van der Waals surface area contributed by atoms with Crippen LogP contribution < -0.4 is 25.6 Å². The van der Waals surface area contributed by atoms with Crippen molar-refractivity contribution in [2.24, 2.45) is 5.41 Å². The lowest BCUT2D eigenvalue weighted by Gasteiger charge is -2.36.